The van der Waals surface area contributed by atoms with Crippen molar-refractivity contribution in [3.05, 3.63) is 27.7 Å². The van der Waals surface area contributed by atoms with E-state index in [9.17, 15) is 4.79 Å². The lowest BCUT2D eigenvalue weighted by Gasteiger charge is -2.28. The number of hydrogen-bond acceptors (Lipinski definition) is 3. The number of likely N-dealkylation sites (N-methyl/N-ethyl adjacent to an activating group) is 1. The first-order valence-corrected chi connectivity index (χ1v) is 7.18. The minimum absolute atomic E-state index is 0.207. The Hall–Kier alpha value is -0.970. The monoisotopic (exact) mass is 317 g/mol. The van der Waals surface area contributed by atoms with Gasteiger partial charge < -0.3 is 16.0 Å². The smallest absolute Gasteiger partial charge is 0.251 e. The van der Waals surface area contributed by atoms with Gasteiger partial charge >= 0.3 is 0 Å². The van der Waals surface area contributed by atoms with E-state index in [4.69, 9.17) is 28.9 Å². The topological polar surface area (TPSA) is 58.4 Å². The minimum atomic E-state index is -0.207. The van der Waals surface area contributed by atoms with E-state index in [1.54, 1.807) is 0 Å². The molecule has 4 nitrogen and oxygen atoms in total. The van der Waals surface area contributed by atoms with Gasteiger partial charge in [-0.25, -0.2) is 0 Å². The van der Waals surface area contributed by atoms with Gasteiger partial charge in [0.1, 0.15) is 0 Å². The predicted octanol–water partition coefficient (Wildman–Crippen LogP) is 2.89. The Balaban J connectivity index is 2.77. The van der Waals surface area contributed by atoms with E-state index < -0.39 is 0 Å². The highest BCUT2D eigenvalue weighted by molar-refractivity contribution is 6.39. The third kappa shape index (κ3) is 4.27. The molecule has 0 saturated heterocycles. The first kappa shape index (κ1) is 17.1. The number of amides is 1. The molecule has 0 aliphatic rings. The zero-order valence-electron chi connectivity index (χ0n) is 12.2. The second kappa shape index (κ2) is 7.16. The van der Waals surface area contributed by atoms with Gasteiger partial charge in [-0.1, -0.05) is 37.0 Å². The molecule has 6 heteroatoms. The number of nitrogens with one attached hydrogen (secondary N) is 1. The fourth-order valence-electron chi connectivity index (χ4n) is 2.03. The van der Waals surface area contributed by atoms with Crippen LogP contribution in [-0.4, -0.2) is 37.5 Å². The predicted molar refractivity (Wildman–Crippen MR) is 85.5 cm³/mol. The molecule has 1 aromatic carbocycles. The summed E-state index contributed by atoms with van der Waals surface area (Å²) in [7, 11) is 3.99. The maximum absolute atomic E-state index is 12.1. The number of halogens is 2. The van der Waals surface area contributed by atoms with Gasteiger partial charge in [0, 0.05) is 18.2 Å². The van der Waals surface area contributed by atoms with Crippen LogP contribution in [0.1, 0.15) is 24.2 Å². The lowest BCUT2D eigenvalue weighted by Crippen LogP contribution is -2.43. The zero-order chi connectivity index (χ0) is 15.4. The Labute approximate surface area is 130 Å². The van der Waals surface area contributed by atoms with Crippen molar-refractivity contribution in [2.24, 2.45) is 5.92 Å². The number of anilines is 1. The van der Waals surface area contributed by atoms with E-state index in [-0.39, 0.29) is 22.0 Å². The molecule has 0 spiro atoms. The van der Waals surface area contributed by atoms with Crippen molar-refractivity contribution in [1.29, 1.82) is 0 Å². The molecule has 0 saturated carbocycles. The Kier molecular flexibility index (Phi) is 6.11. The van der Waals surface area contributed by atoms with Crippen molar-refractivity contribution in [1.82, 2.24) is 10.2 Å². The van der Waals surface area contributed by atoms with Gasteiger partial charge in [-0.2, -0.15) is 0 Å². The molecule has 0 aliphatic carbocycles. The summed E-state index contributed by atoms with van der Waals surface area (Å²) < 4.78 is 0. The third-order valence-electron chi connectivity index (χ3n) is 3.25. The van der Waals surface area contributed by atoms with Gasteiger partial charge in [0.05, 0.1) is 15.7 Å². The highest BCUT2D eigenvalue weighted by atomic mass is 35.5. The molecule has 0 aliphatic heterocycles. The molecule has 0 heterocycles. The van der Waals surface area contributed by atoms with Gasteiger partial charge in [-0.3, -0.25) is 4.79 Å². The summed E-state index contributed by atoms with van der Waals surface area (Å²) in [4.78, 5) is 14.2. The number of nitrogen functional groups attached to an aromatic ring is 1. The van der Waals surface area contributed by atoms with Crippen LogP contribution in [-0.2, 0) is 0 Å². The SMILES string of the molecule is CC(C)C(CNC(=O)c1cc(Cl)c(N)c(Cl)c1)N(C)C. The van der Waals surface area contributed by atoms with E-state index >= 15 is 0 Å². The van der Waals surface area contributed by atoms with Crippen molar-refractivity contribution in [3.8, 4) is 0 Å². The molecular weight excluding hydrogens is 297 g/mol. The Morgan fingerprint density at radius 3 is 2.20 bits per heavy atom. The molecule has 1 amide bonds. The summed E-state index contributed by atoms with van der Waals surface area (Å²) in [6, 6.07) is 3.31. The number of carbonyl (C=O) groups is 1. The molecule has 0 bridgehead atoms. The van der Waals surface area contributed by atoms with Gasteiger partial charge in [-0.05, 0) is 32.1 Å². The fourth-order valence-corrected chi connectivity index (χ4v) is 2.52. The first-order valence-electron chi connectivity index (χ1n) is 6.43. The second-order valence-electron chi connectivity index (χ2n) is 5.34. The van der Waals surface area contributed by atoms with Crippen LogP contribution in [0.5, 0.6) is 0 Å². The molecule has 3 N–H and O–H groups in total. The van der Waals surface area contributed by atoms with Crippen molar-refractivity contribution < 1.29 is 4.79 Å². The highest BCUT2D eigenvalue weighted by Crippen LogP contribution is 2.28. The summed E-state index contributed by atoms with van der Waals surface area (Å²) in [5.74, 6) is 0.227. The first-order chi connectivity index (χ1) is 9.23. The van der Waals surface area contributed by atoms with Gasteiger partial charge in [0.25, 0.3) is 5.91 Å². The van der Waals surface area contributed by atoms with Crippen LogP contribution in [0.2, 0.25) is 10.0 Å². The maximum atomic E-state index is 12.1. The van der Waals surface area contributed by atoms with Crippen LogP contribution in [0.25, 0.3) is 0 Å². The van der Waals surface area contributed by atoms with Crippen LogP contribution in [0.15, 0.2) is 12.1 Å². The van der Waals surface area contributed by atoms with Crippen molar-refractivity contribution in [2.75, 3.05) is 26.4 Å². The highest BCUT2D eigenvalue weighted by Gasteiger charge is 2.18. The van der Waals surface area contributed by atoms with Gasteiger partial charge in [0.15, 0.2) is 0 Å². The lowest BCUT2D eigenvalue weighted by molar-refractivity contribution is 0.0934. The summed E-state index contributed by atoms with van der Waals surface area (Å²) in [6.07, 6.45) is 0. The molecule has 1 unspecified atom stereocenters. The van der Waals surface area contributed by atoms with Crippen LogP contribution >= 0.6 is 23.2 Å². The van der Waals surface area contributed by atoms with E-state index in [0.29, 0.717) is 23.7 Å². The molecule has 112 valence electrons. The molecule has 0 radical (unpaired) electrons. The molecule has 20 heavy (non-hydrogen) atoms. The fraction of sp³-hybridized carbons (Fsp3) is 0.500. The quantitative estimate of drug-likeness (QED) is 0.821. The van der Waals surface area contributed by atoms with Crippen LogP contribution in [0.4, 0.5) is 5.69 Å². The van der Waals surface area contributed by atoms with E-state index in [0.717, 1.165) is 0 Å². The molecule has 0 aromatic heterocycles. The third-order valence-corrected chi connectivity index (χ3v) is 3.87. The van der Waals surface area contributed by atoms with Gasteiger partial charge in [-0.15, -0.1) is 0 Å². The zero-order valence-corrected chi connectivity index (χ0v) is 13.7. The molecular formula is C14H21Cl2N3O. The Morgan fingerprint density at radius 1 is 1.30 bits per heavy atom. The molecule has 1 rings (SSSR count). The molecule has 0 fully saturated rings. The number of nitrogens with zero attached hydrogens (tertiary/aromatic N) is 1. The minimum Gasteiger partial charge on any atom is -0.396 e. The summed E-state index contributed by atoms with van der Waals surface area (Å²) in [5.41, 5.74) is 6.35. The Morgan fingerprint density at radius 2 is 1.80 bits per heavy atom. The number of nitrogens with two attached hydrogens (primary N) is 1. The average Bonchev–Trinajstić information content (AvgIpc) is 2.34. The van der Waals surface area contributed by atoms with Crippen molar-refractivity contribution >= 4 is 34.8 Å². The lowest BCUT2D eigenvalue weighted by atomic mass is 10.0. The van der Waals surface area contributed by atoms with E-state index in [1.165, 1.54) is 12.1 Å². The van der Waals surface area contributed by atoms with Crippen LogP contribution in [0, 0.1) is 5.92 Å². The number of benzene rings is 1. The summed E-state index contributed by atoms with van der Waals surface area (Å²) in [5, 5.41) is 3.47. The average molecular weight is 318 g/mol. The number of rotatable bonds is 5. The summed E-state index contributed by atoms with van der Waals surface area (Å²) >= 11 is 11.9. The van der Waals surface area contributed by atoms with E-state index in [1.807, 2.05) is 14.1 Å². The normalized spacial score (nSPS) is 12.8. The van der Waals surface area contributed by atoms with Crippen LogP contribution in [0.3, 0.4) is 0 Å². The standard InChI is InChI=1S/C14H21Cl2N3O/c1-8(2)12(19(3)4)7-18-14(20)9-5-10(15)13(17)11(16)6-9/h5-6,8,12H,7,17H2,1-4H3,(H,18,20). The van der Waals surface area contributed by atoms with Crippen LogP contribution < -0.4 is 11.1 Å². The summed E-state index contributed by atoms with van der Waals surface area (Å²) in [6.45, 7) is 4.80. The number of hydrogen-bond donors (Lipinski definition) is 2. The van der Waals surface area contributed by atoms with Gasteiger partial charge in [0.2, 0.25) is 0 Å². The molecule has 1 atom stereocenters. The number of carbonyl (C=O) groups excluding carboxylic acids is 1. The second-order valence-corrected chi connectivity index (χ2v) is 6.15. The Bertz CT molecular complexity index is 458. The largest absolute Gasteiger partial charge is 0.396 e. The van der Waals surface area contributed by atoms with Crippen molar-refractivity contribution in [2.45, 2.75) is 19.9 Å². The van der Waals surface area contributed by atoms with Crippen molar-refractivity contribution in [3.63, 3.8) is 0 Å². The molecule has 1 aromatic rings. The van der Waals surface area contributed by atoms with E-state index in [2.05, 4.69) is 24.1 Å². The maximum Gasteiger partial charge on any atom is 0.251 e.